The van der Waals surface area contributed by atoms with Crippen molar-refractivity contribution in [2.45, 2.75) is 46.0 Å². The molecule has 0 aromatic heterocycles. The number of nitrogens with two attached hydrogens (primary N) is 1. The molecule has 30 heavy (non-hydrogen) atoms. The van der Waals surface area contributed by atoms with Crippen molar-refractivity contribution in [2.24, 2.45) is 5.73 Å². The summed E-state index contributed by atoms with van der Waals surface area (Å²) in [5.74, 6) is 0. The van der Waals surface area contributed by atoms with Crippen molar-refractivity contribution in [3.63, 3.8) is 0 Å². The molecule has 0 amide bonds. The van der Waals surface area contributed by atoms with E-state index in [0.717, 1.165) is 18.5 Å². The highest BCUT2D eigenvalue weighted by Crippen LogP contribution is 2.54. The molecule has 0 atom stereocenters. The van der Waals surface area contributed by atoms with E-state index < -0.39 is 0 Å². The molecule has 1 heteroatoms. The third-order valence-corrected chi connectivity index (χ3v) is 6.92. The molecule has 0 fully saturated rings. The first kappa shape index (κ1) is 18.9. The maximum Gasteiger partial charge on any atom is 0.0350 e. The van der Waals surface area contributed by atoms with E-state index >= 15 is 0 Å². The summed E-state index contributed by atoms with van der Waals surface area (Å²) in [6.07, 6.45) is 6.60. The average molecular weight is 392 g/mol. The lowest BCUT2D eigenvalue weighted by atomic mass is 9.78. The smallest absolute Gasteiger partial charge is 0.0350 e. The molecule has 3 aromatic carbocycles. The van der Waals surface area contributed by atoms with E-state index in [9.17, 15) is 0 Å². The van der Waals surface area contributed by atoms with Gasteiger partial charge >= 0.3 is 0 Å². The largest absolute Gasteiger partial charge is 0.398 e. The molecular weight excluding hydrogens is 362 g/mol. The molecule has 2 aliphatic carbocycles. The molecule has 0 saturated heterocycles. The number of hydrogen-bond acceptors (Lipinski definition) is 1. The Balaban J connectivity index is 1.91. The van der Waals surface area contributed by atoms with Gasteiger partial charge in [-0.2, -0.15) is 0 Å². The van der Waals surface area contributed by atoms with Crippen molar-refractivity contribution < 1.29 is 0 Å². The maximum atomic E-state index is 6.57. The number of allylic oxidation sites excluding steroid dienone is 3. The monoisotopic (exact) mass is 391 g/mol. The zero-order valence-electron chi connectivity index (χ0n) is 18.3. The average Bonchev–Trinajstić information content (AvgIpc) is 2.95. The lowest BCUT2D eigenvalue weighted by molar-refractivity contribution is 0.659. The molecule has 0 radical (unpaired) electrons. The standard InChI is InChI=1S/C29H29N/c1-18-14-15-21-24(16-18)29(3,4)25-17-23(20-10-6-5-7-11-20)19(2)27(28(21)25)22-12-8-9-13-26(22)30/h5-7,10-17H,8-9,30H2,1-4H3. The molecule has 5 rings (SSSR count). The predicted octanol–water partition coefficient (Wildman–Crippen LogP) is 7.30. The molecule has 3 aromatic rings. The lowest BCUT2D eigenvalue weighted by Crippen LogP contribution is -2.16. The van der Waals surface area contributed by atoms with Crippen molar-refractivity contribution in [1.82, 2.24) is 0 Å². The summed E-state index contributed by atoms with van der Waals surface area (Å²) < 4.78 is 0. The minimum Gasteiger partial charge on any atom is -0.398 e. The van der Waals surface area contributed by atoms with Gasteiger partial charge in [-0.25, -0.2) is 0 Å². The Hall–Kier alpha value is -3.06. The van der Waals surface area contributed by atoms with E-state index in [1.165, 1.54) is 55.6 Å². The molecule has 0 aliphatic heterocycles. The van der Waals surface area contributed by atoms with E-state index in [1.807, 2.05) is 0 Å². The van der Waals surface area contributed by atoms with Crippen LogP contribution in [0.25, 0.3) is 27.8 Å². The minimum absolute atomic E-state index is 0.0453. The summed E-state index contributed by atoms with van der Waals surface area (Å²) in [6.45, 7) is 9.17. The Kier molecular flexibility index (Phi) is 4.25. The van der Waals surface area contributed by atoms with E-state index in [0.29, 0.717) is 0 Å². The van der Waals surface area contributed by atoms with Crippen molar-refractivity contribution in [2.75, 3.05) is 0 Å². The predicted molar refractivity (Wildman–Crippen MR) is 128 cm³/mol. The molecule has 1 nitrogen and oxygen atoms in total. The first-order valence-electron chi connectivity index (χ1n) is 10.9. The van der Waals surface area contributed by atoms with Crippen molar-refractivity contribution in [1.29, 1.82) is 0 Å². The van der Waals surface area contributed by atoms with Gasteiger partial charge < -0.3 is 5.73 Å². The van der Waals surface area contributed by atoms with E-state index in [-0.39, 0.29) is 5.41 Å². The van der Waals surface area contributed by atoms with Crippen molar-refractivity contribution in [3.05, 3.63) is 100 Å². The van der Waals surface area contributed by atoms with Crippen LogP contribution < -0.4 is 5.73 Å². The van der Waals surface area contributed by atoms with Crippen LogP contribution in [0.5, 0.6) is 0 Å². The van der Waals surface area contributed by atoms with Crippen molar-refractivity contribution in [3.8, 4) is 22.3 Å². The van der Waals surface area contributed by atoms with E-state index in [1.54, 1.807) is 0 Å². The third kappa shape index (κ3) is 2.69. The van der Waals surface area contributed by atoms with Gasteiger partial charge in [0.15, 0.2) is 0 Å². The fraction of sp³-hybridized carbons (Fsp3) is 0.241. The SMILES string of the molecule is Cc1ccc2c(c1)C(C)(C)c1cc(-c3ccccc3)c(C)c(C3=CCCC=C3N)c1-2. The second-order valence-electron chi connectivity index (χ2n) is 9.24. The van der Waals surface area contributed by atoms with E-state index in [4.69, 9.17) is 5.73 Å². The van der Waals surface area contributed by atoms with Crippen LogP contribution in [0.15, 0.2) is 72.4 Å². The first-order valence-corrected chi connectivity index (χ1v) is 10.9. The highest BCUT2D eigenvalue weighted by Gasteiger charge is 2.39. The van der Waals surface area contributed by atoms with Crippen LogP contribution in [0.3, 0.4) is 0 Å². The Bertz CT molecular complexity index is 1220. The second kappa shape index (κ2) is 6.74. The molecule has 0 heterocycles. The summed E-state index contributed by atoms with van der Waals surface area (Å²) >= 11 is 0. The minimum atomic E-state index is -0.0453. The third-order valence-electron chi connectivity index (χ3n) is 6.92. The van der Waals surface area contributed by atoms with Crippen LogP contribution in [0.2, 0.25) is 0 Å². The van der Waals surface area contributed by atoms with Gasteiger partial charge in [-0.1, -0.05) is 80.1 Å². The molecule has 150 valence electrons. The van der Waals surface area contributed by atoms with Crippen LogP contribution in [0, 0.1) is 13.8 Å². The number of aryl methyl sites for hydroxylation is 1. The molecule has 2 aliphatic rings. The van der Waals surface area contributed by atoms with Gasteiger partial charge in [0.25, 0.3) is 0 Å². The summed E-state index contributed by atoms with van der Waals surface area (Å²) in [7, 11) is 0. The summed E-state index contributed by atoms with van der Waals surface area (Å²) in [6, 6.07) is 20.1. The van der Waals surface area contributed by atoms with Crippen LogP contribution in [-0.2, 0) is 5.41 Å². The highest BCUT2D eigenvalue weighted by molar-refractivity contribution is 5.98. The number of rotatable bonds is 2. The zero-order chi connectivity index (χ0) is 21.0. The van der Waals surface area contributed by atoms with Crippen LogP contribution >= 0.6 is 0 Å². The summed E-state index contributed by atoms with van der Waals surface area (Å²) in [5, 5.41) is 0. The number of benzene rings is 3. The van der Waals surface area contributed by atoms with Gasteiger partial charge in [0.1, 0.15) is 0 Å². The Morgan fingerprint density at radius 3 is 2.23 bits per heavy atom. The van der Waals surface area contributed by atoms with Gasteiger partial charge in [-0.15, -0.1) is 0 Å². The highest BCUT2D eigenvalue weighted by atomic mass is 14.6. The topological polar surface area (TPSA) is 26.0 Å². The lowest BCUT2D eigenvalue weighted by Gasteiger charge is -2.26. The van der Waals surface area contributed by atoms with Gasteiger partial charge in [0.2, 0.25) is 0 Å². The van der Waals surface area contributed by atoms with Gasteiger partial charge in [0, 0.05) is 16.7 Å². The Morgan fingerprint density at radius 2 is 1.50 bits per heavy atom. The molecule has 2 N–H and O–H groups in total. The molecular formula is C29H29N. The van der Waals surface area contributed by atoms with Crippen LogP contribution in [-0.4, -0.2) is 0 Å². The van der Waals surface area contributed by atoms with Crippen LogP contribution in [0.1, 0.15) is 54.5 Å². The Morgan fingerprint density at radius 1 is 0.767 bits per heavy atom. The van der Waals surface area contributed by atoms with Gasteiger partial charge in [-0.05, 0) is 77.3 Å². The fourth-order valence-electron chi connectivity index (χ4n) is 5.29. The van der Waals surface area contributed by atoms with E-state index in [2.05, 4.69) is 94.4 Å². The zero-order valence-corrected chi connectivity index (χ0v) is 18.3. The molecule has 0 saturated carbocycles. The second-order valence-corrected chi connectivity index (χ2v) is 9.24. The maximum absolute atomic E-state index is 6.57. The fourth-order valence-corrected chi connectivity index (χ4v) is 5.29. The van der Waals surface area contributed by atoms with Crippen LogP contribution in [0.4, 0.5) is 0 Å². The summed E-state index contributed by atoms with van der Waals surface area (Å²) in [4.78, 5) is 0. The number of fused-ring (bicyclic) bond motifs is 3. The van der Waals surface area contributed by atoms with Gasteiger partial charge in [0.05, 0.1) is 0 Å². The molecule has 0 unspecified atom stereocenters. The normalized spacial score (nSPS) is 16.5. The Labute approximate surface area is 180 Å². The molecule has 0 bridgehead atoms. The van der Waals surface area contributed by atoms with Crippen molar-refractivity contribution >= 4 is 5.57 Å². The quantitative estimate of drug-likeness (QED) is 0.487. The van der Waals surface area contributed by atoms with Gasteiger partial charge in [-0.3, -0.25) is 0 Å². The molecule has 0 spiro atoms. The number of hydrogen-bond donors (Lipinski definition) is 1. The first-order chi connectivity index (χ1) is 14.4. The summed E-state index contributed by atoms with van der Waals surface area (Å²) in [5.41, 5.74) is 20.7.